The Kier molecular flexibility index (Phi) is 4.16. The third kappa shape index (κ3) is 3.52. The van der Waals surface area contributed by atoms with Gasteiger partial charge in [0, 0.05) is 13.0 Å². The van der Waals surface area contributed by atoms with Crippen molar-refractivity contribution in [3.63, 3.8) is 0 Å². The van der Waals surface area contributed by atoms with E-state index in [0.717, 1.165) is 0 Å². The molecule has 0 spiro atoms. The fourth-order valence-electron chi connectivity index (χ4n) is 1.26. The van der Waals surface area contributed by atoms with Crippen LogP contribution in [0.3, 0.4) is 0 Å². The quantitative estimate of drug-likeness (QED) is 0.539. The highest BCUT2D eigenvalue weighted by Gasteiger charge is 2.17. The van der Waals surface area contributed by atoms with Crippen molar-refractivity contribution in [3.8, 4) is 0 Å². The van der Waals surface area contributed by atoms with Gasteiger partial charge in [0.05, 0.1) is 6.61 Å². The van der Waals surface area contributed by atoms with E-state index in [-0.39, 0.29) is 30.9 Å². The van der Waals surface area contributed by atoms with E-state index in [2.05, 4.69) is 10.3 Å². The van der Waals surface area contributed by atoms with Gasteiger partial charge in [-0.1, -0.05) is 0 Å². The first kappa shape index (κ1) is 13.1. The Morgan fingerprint density at radius 2 is 2.41 bits per heavy atom. The summed E-state index contributed by atoms with van der Waals surface area (Å²) in [5.74, 6) is -0.226. The number of hydrogen-bond donors (Lipinski definition) is 2. The lowest BCUT2D eigenvalue weighted by atomic mass is 10.3. The van der Waals surface area contributed by atoms with Crippen LogP contribution in [0.25, 0.3) is 0 Å². The molecule has 0 radical (unpaired) electrons. The topological polar surface area (TPSA) is 110 Å². The van der Waals surface area contributed by atoms with E-state index in [4.69, 9.17) is 5.11 Å². The molecule has 2 N–H and O–H groups in total. The van der Waals surface area contributed by atoms with Crippen LogP contribution in [0.1, 0.15) is 12.7 Å². The number of rotatable bonds is 5. The number of nitro groups is 1. The zero-order valence-electron chi connectivity index (χ0n) is 9.58. The van der Waals surface area contributed by atoms with E-state index in [0.29, 0.717) is 5.82 Å². The van der Waals surface area contributed by atoms with E-state index in [1.807, 2.05) is 0 Å². The first-order valence-electron chi connectivity index (χ1n) is 5.02. The molecule has 0 aliphatic heterocycles. The molecule has 8 nitrogen and oxygen atoms in total. The molecule has 1 aromatic heterocycles. The third-order valence-corrected chi connectivity index (χ3v) is 2.15. The Bertz CT molecular complexity index is 429. The van der Waals surface area contributed by atoms with Crippen molar-refractivity contribution in [1.29, 1.82) is 0 Å². The smallest absolute Gasteiger partial charge is 0.381 e. The normalized spacial score (nSPS) is 12.2. The molecule has 0 saturated heterocycles. The van der Waals surface area contributed by atoms with E-state index >= 15 is 0 Å². The summed E-state index contributed by atoms with van der Waals surface area (Å²) >= 11 is 0. The molecule has 1 amide bonds. The predicted octanol–water partition coefficient (Wildman–Crippen LogP) is -0.403. The first-order valence-corrected chi connectivity index (χ1v) is 5.02. The Labute approximate surface area is 97.4 Å². The number of aliphatic hydroxyl groups excluding tert-OH is 1. The molecule has 1 atom stereocenters. The summed E-state index contributed by atoms with van der Waals surface area (Å²) in [6, 6.07) is -0.346. The second kappa shape index (κ2) is 5.39. The van der Waals surface area contributed by atoms with Gasteiger partial charge in [-0.2, -0.15) is 0 Å². The van der Waals surface area contributed by atoms with Crippen LogP contribution in [-0.2, 0) is 11.3 Å². The van der Waals surface area contributed by atoms with Gasteiger partial charge in [0.25, 0.3) is 0 Å². The molecule has 1 unspecified atom stereocenters. The van der Waals surface area contributed by atoms with Crippen molar-refractivity contribution in [2.45, 2.75) is 26.4 Å². The largest absolute Gasteiger partial charge is 0.394 e. The van der Waals surface area contributed by atoms with Crippen LogP contribution in [0.15, 0.2) is 6.20 Å². The Morgan fingerprint density at radius 3 is 2.88 bits per heavy atom. The summed E-state index contributed by atoms with van der Waals surface area (Å²) in [6.07, 6.45) is 1.21. The lowest BCUT2D eigenvalue weighted by Gasteiger charge is -2.10. The molecule has 94 valence electrons. The van der Waals surface area contributed by atoms with Crippen LogP contribution >= 0.6 is 0 Å². The minimum Gasteiger partial charge on any atom is -0.394 e. The molecule has 1 rings (SSSR count). The maximum absolute atomic E-state index is 11.5. The van der Waals surface area contributed by atoms with Crippen LogP contribution in [0.4, 0.5) is 5.82 Å². The van der Waals surface area contributed by atoms with Gasteiger partial charge in [-0.15, -0.1) is 0 Å². The number of amides is 1. The summed E-state index contributed by atoms with van der Waals surface area (Å²) in [4.78, 5) is 25.0. The summed E-state index contributed by atoms with van der Waals surface area (Å²) in [7, 11) is 0. The molecule has 0 aromatic carbocycles. The van der Waals surface area contributed by atoms with Crippen molar-refractivity contribution >= 4 is 11.7 Å². The number of imidazole rings is 1. The first-order chi connectivity index (χ1) is 7.93. The maximum Gasteiger partial charge on any atom is 0.381 e. The average molecular weight is 242 g/mol. The molecule has 1 heterocycles. The molecule has 0 aliphatic rings. The van der Waals surface area contributed by atoms with Gasteiger partial charge in [-0.3, -0.25) is 9.36 Å². The average Bonchev–Trinajstić information content (AvgIpc) is 2.60. The molecular weight excluding hydrogens is 228 g/mol. The number of nitrogens with zero attached hydrogens (tertiary/aromatic N) is 3. The zero-order valence-corrected chi connectivity index (χ0v) is 9.58. The van der Waals surface area contributed by atoms with Gasteiger partial charge < -0.3 is 20.5 Å². The lowest BCUT2D eigenvalue weighted by molar-refractivity contribution is -0.389. The predicted molar refractivity (Wildman–Crippen MR) is 58.3 cm³/mol. The van der Waals surface area contributed by atoms with E-state index in [1.165, 1.54) is 10.8 Å². The molecule has 0 bridgehead atoms. The highest BCUT2D eigenvalue weighted by Crippen LogP contribution is 2.09. The van der Waals surface area contributed by atoms with Crippen LogP contribution < -0.4 is 5.32 Å². The second-order valence-electron chi connectivity index (χ2n) is 3.68. The number of aliphatic hydroxyl groups is 1. The van der Waals surface area contributed by atoms with E-state index in [1.54, 1.807) is 13.8 Å². The van der Waals surface area contributed by atoms with Crippen molar-refractivity contribution < 1.29 is 14.8 Å². The third-order valence-electron chi connectivity index (χ3n) is 2.15. The Morgan fingerprint density at radius 1 is 1.76 bits per heavy atom. The van der Waals surface area contributed by atoms with E-state index < -0.39 is 4.92 Å². The van der Waals surface area contributed by atoms with Crippen LogP contribution in [0, 0.1) is 17.0 Å². The van der Waals surface area contributed by atoms with Crippen LogP contribution in [-0.4, -0.2) is 38.1 Å². The standard InChI is InChI=1S/C9H14N4O4/c1-6(5-14)10-9(15)4-12-3-8(13(16)17)11-7(12)2/h3,6,14H,4-5H2,1-2H3,(H,10,15). The van der Waals surface area contributed by atoms with Gasteiger partial charge >= 0.3 is 5.82 Å². The van der Waals surface area contributed by atoms with Crippen molar-refractivity contribution in [3.05, 3.63) is 22.1 Å². The molecule has 0 fully saturated rings. The maximum atomic E-state index is 11.5. The minimum atomic E-state index is -0.613. The number of nitrogens with one attached hydrogen (secondary N) is 1. The van der Waals surface area contributed by atoms with Gasteiger partial charge in [-0.05, 0) is 16.8 Å². The number of aromatic nitrogens is 2. The summed E-state index contributed by atoms with van der Waals surface area (Å²) in [6.45, 7) is 3.02. The molecule has 0 aliphatic carbocycles. The zero-order chi connectivity index (χ0) is 13.0. The monoisotopic (exact) mass is 242 g/mol. The number of carbonyl (C=O) groups excluding carboxylic acids is 1. The van der Waals surface area contributed by atoms with Gasteiger partial charge in [-0.25, -0.2) is 0 Å². The van der Waals surface area contributed by atoms with Crippen molar-refractivity contribution in [1.82, 2.24) is 14.9 Å². The van der Waals surface area contributed by atoms with Crippen molar-refractivity contribution in [2.24, 2.45) is 0 Å². The summed E-state index contributed by atoms with van der Waals surface area (Å²) < 4.78 is 1.39. The summed E-state index contributed by atoms with van der Waals surface area (Å²) in [5.41, 5.74) is 0. The number of aryl methyl sites for hydroxylation is 1. The highest BCUT2D eigenvalue weighted by atomic mass is 16.6. The number of carbonyl (C=O) groups is 1. The van der Waals surface area contributed by atoms with Gasteiger partial charge in [0.15, 0.2) is 0 Å². The second-order valence-corrected chi connectivity index (χ2v) is 3.68. The minimum absolute atomic E-state index is 0.0585. The highest BCUT2D eigenvalue weighted by molar-refractivity contribution is 5.76. The van der Waals surface area contributed by atoms with E-state index in [9.17, 15) is 14.9 Å². The fourth-order valence-corrected chi connectivity index (χ4v) is 1.26. The van der Waals surface area contributed by atoms with Crippen molar-refractivity contribution in [2.75, 3.05) is 6.61 Å². The van der Waals surface area contributed by atoms with Gasteiger partial charge in [0.2, 0.25) is 11.7 Å². The SMILES string of the molecule is Cc1nc([N+](=O)[O-])cn1CC(=O)NC(C)CO. The molecule has 1 aromatic rings. The molecule has 0 saturated carbocycles. The Hall–Kier alpha value is -1.96. The molecular formula is C9H14N4O4. The van der Waals surface area contributed by atoms with Crippen LogP contribution in [0.5, 0.6) is 0 Å². The van der Waals surface area contributed by atoms with Crippen LogP contribution in [0.2, 0.25) is 0 Å². The molecule has 8 heteroatoms. The number of hydrogen-bond acceptors (Lipinski definition) is 5. The fraction of sp³-hybridized carbons (Fsp3) is 0.556. The Balaban J connectivity index is 2.68. The van der Waals surface area contributed by atoms with Gasteiger partial charge in [0.1, 0.15) is 12.7 Å². The lowest BCUT2D eigenvalue weighted by Crippen LogP contribution is -2.37. The summed E-state index contributed by atoms with van der Waals surface area (Å²) in [5, 5.41) is 21.8. The molecule has 17 heavy (non-hydrogen) atoms.